The Morgan fingerprint density at radius 2 is 2.14 bits per heavy atom. The van der Waals surface area contributed by atoms with Crippen molar-refractivity contribution < 1.29 is 19.7 Å². The summed E-state index contributed by atoms with van der Waals surface area (Å²) in [4.78, 5) is 38.9. The second-order valence-electron chi connectivity index (χ2n) is 6.26. The van der Waals surface area contributed by atoms with Gasteiger partial charge in [0.1, 0.15) is 24.1 Å². The number of aliphatic hydroxyl groups excluding tert-OH is 2. The standard InChI is InChI=1S/C16H17N7O5/c17-9-2-4-23(16(27)22-9)15-12(25)11(24)8(28-15)5-19-14(26)7-1-3-18-13-10(7)20-6-21-13/h1-4,6,8,11-12,15,24-25H,5H2,(H,19,26)(H2,17,22,27)(H,18,20,21)/t8-,11-,12-,15-/m1/s1. The minimum absolute atomic E-state index is 0.0283. The number of carbonyl (C=O) groups excluding carboxylic acids is 1. The number of aliphatic hydroxyl groups is 2. The maximum absolute atomic E-state index is 12.5. The fraction of sp³-hybridized carbons (Fsp3) is 0.312. The predicted octanol–water partition coefficient (Wildman–Crippen LogP) is -1.85. The van der Waals surface area contributed by atoms with Crippen molar-refractivity contribution in [3.05, 3.63) is 46.9 Å². The normalized spacial score (nSPS) is 24.5. The molecule has 146 valence electrons. The van der Waals surface area contributed by atoms with Gasteiger partial charge in [-0.15, -0.1) is 0 Å². The Morgan fingerprint density at radius 1 is 1.32 bits per heavy atom. The first-order valence-corrected chi connectivity index (χ1v) is 8.38. The number of nitrogens with zero attached hydrogens (tertiary/aromatic N) is 4. The van der Waals surface area contributed by atoms with Gasteiger partial charge in [0.05, 0.1) is 17.4 Å². The van der Waals surface area contributed by atoms with Crippen molar-refractivity contribution in [3.63, 3.8) is 0 Å². The summed E-state index contributed by atoms with van der Waals surface area (Å²) in [6.45, 7) is -0.0946. The van der Waals surface area contributed by atoms with E-state index in [4.69, 9.17) is 10.5 Å². The molecule has 12 nitrogen and oxygen atoms in total. The molecule has 0 radical (unpaired) electrons. The molecular formula is C16H17N7O5. The third-order valence-corrected chi connectivity index (χ3v) is 4.50. The van der Waals surface area contributed by atoms with Crippen molar-refractivity contribution in [1.82, 2.24) is 29.8 Å². The number of hydrogen-bond acceptors (Lipinski definition) is 9. The second-order valence-corrected chi connectivity index (χ2v) is 6.26. The van der Waals surface area contributed by atoms with Crippen molar-refractivity contribution in [2.75, 3.05) is 12.3 Å². The first kappa shape index (κ1) is 18.0. The molecule has 0 spiro atoms. The van der Waals surface area contributed by atoms with Gasteiger partial charge in [0, 0.05) is 18.9 Å². The van der Waals surface area contributed by atoms with Crippen molar-refractivity contribution >= 4 is 22.9 Å². The fourth-order valence-electron chi connectivity index (χ4n) is 3.07. The zero-order valence-electron chi connectivity index (χ0n) is 14.4. The molecule has 4 heterocycles. The zero-order valence-corrected chi connectivity index (χ0v) is 14.4. The monoisotopic (exact) mass is 387 g/mol. The van der Waals surface area contributed by atoms with E-state index >= 15 is 0 Å². The molecule has 1 aliphatic rings. The molecule has 28 heavy (non-hydrogen) atoms. The summed E-state index contributed by atoms with van der Waals surface area (Å²) in [7, 11) is 0. The van der Waals surface area contributed by atoms with Crippen LogP contribution in [0.3, 0.4) is 0 Å². The molecular weight excluding hydrogens is 370 g/mol. The van der Waals surface area contributed by atoms with Gasteiger partial charge in [-0.3, -0.25) is 9.36 Å². The summed E-state index contributed by atoms with van der Waals surface area (Å²) in [6, 6.07) is 2.90. The number of rotatable bonds is 4. The fourth-order valence-corrected chi connectivity index (χ4v) is 3.07. The number of nitrogen functional groups attached to an aromatic ring is 1. The number of hydrogen-bond donors (Lipinski definition) is 5. The Kier molecular flexibility index (Phi) is 4.50. The molecule has 1 fully saturated rings. The van der Waals surface area contributed by atoms with Crippen LogP contribution in [0.25, 0.3) is 11.2 Å². The Hall–Kier alpha value is -3.35. The van der Waals surface area contributed by atoms with Crippen LogP contribution in [0.1, 0.15) is 16.6 Å². The second kappa shape index (κ2) is 6.99. The molecule has 0 aromatic carbocycles. The number of anilines is 1. The molecule has 3 aromatic heterocycles. The number of nitrogens with one attached hydrogen (secondary N) is 2. The number of imidazole rings is 1. The average Bonchev–Trinajstić information content (AvgIpc) is 3.26. The Morgan fingerprint density at radius 3 is 2.93 bits per heavy atom. The number of nitrogens with two attached hydrogens (primary N) is 1. The lowest BCUT2D eigenvalue weighted by Crippen LogP contribution is -2.40. The lowest BCUT2D eigenvalue weighted by Gasteiger charge is -2.17. The summed E-state index contributed by atoms with van der Waals surface area (Å²) in [5.74, 6) is -0.405. The molecule has 1 aliphatic heterocycles. The molecule has 0 unspecified atom stereocenters. The molecule has 12 heteroatoms. The van der Waals surface area contributed by atoms with E-state index in [9.17, 15) is 19.8 Å². The van der Waals surface area contributed by atoms with Crippen LogP contribution in [0.4, 0.5) is 5.82 Å². The van der Waals surface area contributed by atoms with Crippen LogP contribution in [0.5, 0.6) is 0 Å². The lowest BCUT2D eigenvalue weighted by molar-refractivity contribution is -0.0386. The van der Waals surface area contributed by atoms with Gasteiger partial charge in [-0.05, 0) is 12.1 Å². The molecule has 0 aliphatic carbocycles. The van der Waals surface area contributed by atoms with E-state index in [2.05, 4.69) is 25.3 Å². The number of aromatic amines is 1. The summed E-state index contributed by atoms with van der Waals surface area (Å²) in [5.41, 5.74) is 5.93. The van der Waals surface area contributed by atoms with Crippen molar-refractivity contribution in [3.8, 4) is 0 Å². The highest BCUT2D eigenvalue weighted by Gasteiger charge is 2.44. The number of H-pyrrole nitrogens is 1. The Labute approximate surface area is 157 Å². The van der Waals surface area contributed by atoms with E-state index in [1.165, 1.54) is 30.9 Å². The maximum Gasteiger partial charge on any atom is 0.351 e. The van der Waals surface area contributed by atoms with Crippen LogP contribution in [0.15, 0.2) is 35.6 Å². The van der Waals surface area contributed by atoms with Gasteiger partial charge in [0.25, 0.3) is 5.91 Å². The van der Waals surface area contributed by atoms with Gasteiger partial charge < -0.3 is 31.0 Å². The van der Waals surface area contributed by atoms with Gasteiger partial charge in [-0.2, -0.15) is 4.98 Å². The number of fused-ring (bicyclic) bond motifs is 1. The van der Waals surface area contributed by atoms with Crippen LogP contribution in [0.2, 0.25) is 0 Å². The number of ether oxygens (including phenoxy) is 1. The number of amides is 1. The highest BCUT2D eigenvalue weighted by atomic mass is 16.6. The maximum atomic E-state index is 12.5. The Balaban J connectivity index is 1.47. The van der Waals surface area contributed by atoms with Crippen LogP contribution < -0.4 is 16.7 Å². The van der Waals surface area contributed by atoms with E-state index in [1.807, 2.05) is 0 Å². The third kappa shape index (κ3) is 3.09. The highest BCUT2D eigenvalue weighted by molar-refractivity contribution is 6.03. The van der Waals surface area contributed by atoms with Crippen LogP contribution in [-0.4, -0.2) is 65.5 Å². The molecule has 3 aromatic rings. The van der Waals surface area contributed by atoms with E-state index in [1.54, 1.807) is 0 Å². The minimum atomic E-state index is -1.38. The van der Waals surface area contributed by atoms with E-state index < -0.39 is 36.1 Å². The molecule has 4 rings (SSSR count). The largest absolute Gasteiger partial charge is 0.387 e. The Bertz CT molecular complexity index is 1080. The van der Waals surface area contributed by atoms with Crippen LogP contribution in [-0.2, 0) is 4.74 Å². The van der Waals surface area contributed by atoms with Gasteiger partial charge in [-0.1, -0.05) is 0 Å². The van der Waals surface area contributed by atoms with Crippen LogP contribution >= 0.6 is 0 Å². The van der Waals surface area contributed by atoms with Crippen LogP contribution in [0, 0.1) is 0 Å². The summed E-state index contributed by atoms with van der Waals surface area (Å²) < 4.78 is 6.62. The van der Waals surface area contributed by atoms with Crippen molar-refractivity contribution in [1.29, 1.82) is 0 Å². The van der Waals surface area contributed by atoms with E-state index in [0.717, 1.165) is 4.57 Å². The van der Waals surface area contributed by atoms with Gasteiger partial charge in [-0.25, -0.2) is 14.8 Å². The molecule has 4 atom stereocenters. The number of pyridine rings is 1. The minimum Gasteiger partial charge on any atom is -0.387 e. The lowest BCUT2D eigenvalue weighted by atomic mass is 10.1. The third-order valence-electron chi connectivity index (χ3n) is 4.50. The molecule has 6 N–H and O–H groups in total. The topological polar surface area (TPSA) is 181 Å². The molecule has 1 amide bonds. The summed E-state index contributed by atoms with van der Waals surface area (Å²) in [5, 5.41) is 23.1. The number of carbonyl (C=O) groups is 1. The SMILES string of the molecule is Nc1ccn([C@@H]2O[C@H](CNC(=O)c3ccnc4nc[nH]c34)[C@@H](O)[C@H]2O)c(=O)n1. The van der Waals surface area contributed by atoms with Crippen molar-refractivity contribution in [2.24, 2.45) is 0 Å². The predicted molar refractivity (Wildman–Crippen MR) is 95.1 cm³/mol. The van der Waals surface area contributed by atoms with Gasteiger partial charge >= 0.3 is 5.69 Å². The molecule has 0 bridgehead atoms. The quantitative estimate of drug-likeness (QED) is 0.343. The average molecular weight is 387 g/mol. The van der Waals surface area contributed by atoms with Gasteiger partial charge in [0.2, 0.25) is 0 Å². The van der Waals surface area contributed by atoms with Crippen molar-refractivity contribution in [2.45, 2.75) is 24.5 Å². The molecule has 0 saturated carbocycles. The summed E-state index contributed by atoms with van der Waals surface area (Å²) in [6.07, 6.45) is -0.593. The summed E-state index contributed by atoms with van der Waals surface area (Å²) >= 11 is 0. The van der Waals surface area contributed by atoms with Gasteiger partial charge in [0.15, 0.2) is 11.9 Å². The first-order chi connectivity index (χ1) is 13.5. The highest BCUT2D eigenvalue weighted by Crippen LogP contribution is 2.28. The van der Waals surface area contributed by atoms with E-state index in [-0.39, 0.29) is 12.4 Å². The zero-order chi connectivity index (χ0) is 19.8. The number of aromatic nitrogens is 5. The smallest absolute Gasteiger partial charge is 0.351 e. The molecule has 1 saturated heterocycles. The van der Waals surface area contributed by atoms with E-state index in [0.29, 0.717) is 16.7 Å². The first-order valence-electron chi connectivity index (χ1n) is 8.38.